The highest BCUT2D eigenvalue weighted by Crippen LogP contribution is 2.34. The summed E-state index contributed by atoms with van der Waals surface area (Å²) >= 11 is 6.00. The first kappa shape index (κ1) is 11.2. The lowest BCUT2D eigenvalue weighted by molar-refractivity contribution is 0.278. The van der Waals surface area contributed by atoms with E-state index in [2.05, 4.69) is 16.4 Å². The van der Waals surface area contributed by atoms with Crippen LogP contribution >= 0.6 is 11.6 Å². The molecule has 1 fully saturated rings. The Morgan fingerprint density at radius 2 is 2.29 bits per heavy atom. The molecule has 2 nitrogen and oxygen atoms in total. The molecule has 1 saturated heterocycles. The topological polar surface area (TPSA) is 24.9 Å². The van der Waals surface area contributed by atoms with Crippen LogP contribution in [0.3, 0.4) is 0 Å². The number of aromatic nitrogens is 1. The maximum Gasteiger partial charge on any atom is 0.0595 e. The molecule has 1 aliphatic heterocycles. The Balaban J connectivity index is 1.82. The molecule has 1 N–H and O–H groups in total. The molecule has 0 spiro atoms. The average molecular weight is 249 g/mol. The van der Waals surface area contributed by atoms with E-state index in [9.17, 15) is 0 Å². The van der Waals surface area contributed by atoms with Crippen LogP contribution in [0.1, 0.15) is 31.2 Å². The van der Waals surface area contributed by atoms with Crippen LogP contribution in [0.25, 0.3) is 5.57 Å². The number of nitrogens with zero attached hydrogens (tertiary/aromatic N) is 1. The molecule has 1 aliphatic carbocycles. The summed E-state index contributed by atoms with van der Waals surface area (Å²) < 4.78 is 0. The summed E-state index contributed by atoms with van der Waals surface area (Å²) in [6, 6.07) is 2.67. The van der Waals surface area contributed by atoms with Gasteiger partial charge in [0.1, 0.15) is 0 Å². The third-order valence-corrected chi connectivity index (χ3v) is 4.12. The average Bonchev–Trinajstić information content (AvgIpc) is 2.38. The molecule has 2 unspecified atom stereocenters. The van der Waals surface area contributed by atoms with Crippen molar-refractivity contribution in [3.63, 3.8) is 0 Å². The summed E-state index contributed by atoms with van der Waals surface area (Å²) in [7, 11) is 0. The molecule has 2 atom stereocenters. The second-order valence-electron chi connectivity index (χ2n) is 5.02. The summed E-state index contributed by atoms with van der Waals surface area (Å²) in [4.78, 5) is 4.17. The largest absolute Gasteiger partial charge is 0.313 e. The van der Waals surface area contributed by atoms with Crippen molar-refractivity contribution < 1.29 is 0 Å². The minimum absolute atomic E-state index is 0.655. The summed E-state index contributed by atoms with van der Waals surface area (Å²) in [6.07, 6.45) is 11.0. The van der Waals surface area contributed by atoms with Crippen LogP contribution in [-0.4, -0.2) is 17.6 Å². The first-order chi connectivity index (χ1) is 8.33. The highest BCUT2D eigenvalue weighted by atomic mass is 35.5. The molecule has 0 amide bonds. The smallest absolute Gasteiger partial charge is 0.0595 e. The Hall–Kier alpha value is -0.860. The summed E-state index contributed by atoms with van der Waals surface area (Å²) in [6.45, 7) is 1.17. The van der Waals surface area contributed by atoms with Gasteiger partial charge in [-0.05, 0) is 55.3 Å². The van der Waals surface area contributed by atoms with Gasteiger partial charge in [0, 0.05) is 18.4 Å². The van der Waals surface area contributed by atoms with Gasteiger partial charge in [-0.3, -0.25) is 4.98 Å². The van der Waals surface area contributed by atoms with Gasteiger partial charge in [-0.15, -0.1) is 0 Å². The van der Waals surface area contributed by atoms with Crippen molar-refractivity contribution in [2.75, 3.05) is 6.54 Å². The molecule has 90 valence electrons. The monoisotopic (exact) mass is 248 g/mol. The van der Waals surface area contributed by atoms with Crippen molar-refractivity contribution in [1.29, 1.82) is 0 Å². The molecule has 0 radical (unpaired) electrons. The zero-order valence-corrected chi connectivity index (χ0v) is 10.6. The number of halogens is 1. The van der Waals surface area contributed by atoms with Gasteiger partial charge in [0.25, 0.3) is 0 Å². The quantitative estimate of drug-likeness (QED) is 0.825. The zero-order chi connectivity index (χ0) is 11.7. The van der Waals surface area contributed by atoms with Crippen LogP contribution < -0.4 is 5.32 Å². The first-order valence-electron chi connectivity index (χ1n) is 6.36. The standard InChI is InChI=1S/C14H17ClN2/c15-13-6-12(8-16-9-13)11-4-3-10-2-1-5-17-14(10)7-11/h4,6,8-10,14,17H,1-3,5,7H2. The van der Waals surface area contributed by atoms with E-state index in [0.29, 0.717) is 6.04 Å². The van der Waals surface area contributed by atoms with Gasteiger partial charge in [-0.25, -0.2) is 0 Å². The van der Waals surface area contributed by atoms with E-state index in [1.807, 2.05) is 12.3 Å². The number of hydrogen-bond acceptors (Lipinski definition) is 2. The van der Waals surface area contributed by atoms with Gasteiger partial charge in [0.15, 0.2) is 0 Å². The van der Waals surface area contributed by atoms with E-state index >= 15 is 0 Å². The Morgan fingerprint density at radius 1 is 1.35 bits per heavy atom. The fourth-order valence-electron chi connectivity index (χ4n) is 2.98. The van der Waals surface area contributed by atoms with E-state index < -0.39 is 0 Å². The Labute approximate surface area is 107 Å². The van der Waals surface area contributed by atoms with Gasteiger partial charge < -0.3 is 5.32 Å². The minimum atomic E-state index is 0.655. The van der Waals surface area contributed by atoms with Gasteiger partial charge in [0.05, 0.1) is 5.02 Å². The SMILES string of the molecule is Clc1cncc(C2=CCC3CCCNC3C2)c1. The lowest BCUT2D eigenvalue weighted by atomic mass is 9.78. The highest BCUT2D eigenvalue weighted by Gasteiger charge is 2.28. The number of allylic oxidation sites excluding steroid dienone is 1. The van der Waals surface area contributed by atoms with Crippen LogP contribution in [0.2, 0.25) is 5.02 Å². The van der Waals surface area contributed by atoms with Crippen LogP contribution in [0.5, 0.6) is 0 Å². The van der Waals surface area contributed by atoms with Gasteiger partial charge >= 0.3 is 0 Å². The molecule has 1 aromatic heterocycles. The Kier molecular flexibility index (Phi) is 3.17. The molecule has 3 heteroatoms. The summed E-state index contributed by atoms with van der Waals surface area (Å²) in [5.74, 6) is 0.833. The van der Waals surface area contributed by atoms with Gasteiger partial charge in [0.2, 0.25) is 0 Å². The van der Waals surface area contributed by atoms with Crippen molar-refractivity contribution in [2.24, 2.45) is 5.92 Å². The molecule has 2 heterocycles. The first-order valence-corrected chi connectivity index (χ1v) is 6.74. The second-order valence-corrected chi connectivity index (χ2v) is 5.46. The van der Waals surface area contributed by atoms with Crippen molar-refractivity contribution >= 4 is 17.2 Å². The van der Waals surface area contributed by atoms with Gasteiger partial charge in [-0.2, -0.15) is 0 Å². The highest BCUT2D eigenvalue weighted by molar-refractivity contribution is 6.30. The molecule has 2 aliphatic rings. The molecule has 17 heavy (non-hydrogen) atoms. The zero-order valence-electron chi connectivity index (χ0n) is 9.82. The number of piperidine rings is 1. The van der Waals surface area contributed by atoms with Crippen LogP contribution in [0, 0.1) is 5.92 Å². The Morgan fingerprint density at radius 3 is 3.18 bits per heavy atom. The predicted molar refractivity (Wildman–Crippen MR) is 71.0 cm³/mol. The summed E-state index contributed by atoms with van der Waals surface area (Å²) in [5, 5.41) is 4.37. The fourth-order valence-corrected chi connectivity index (χ4v) is 3.15. The van der Waals surface area contributed by atoms with E-state index in [4.69, 9.17) is 11.6 Å². The van der Waals surface area contributed by atoms with Crippen LogP contribution in [-0.2, 0) is 0 Å². The van der Waals surface area contributed by atoms with E-state index in [-0.39, 0.29) is 0 Å². The molecular weight excluding hydrogens is 232 g/mol. The Bertz CT molecular complexity index is 442. The molecule has 1 aromatic rings. The molecule has 0 aromatic carbocycles. The number of pyridine rings is 1. The maximum atomic E-state index is 6.00. The number of hydrogen-bond donors (Lipinski definition) is 1. The van der Waals surface area contributed by atoms with Crippen molar-refractivity contribution in [1.82, 2.24) is 10.3 Å². The van der Waals surface area contributed by atoms with Crippen molar-refractivity contribution in [2.45, 2.75) is 31.7 Å². The molecule has 0 saturated carbocycles. The van der Waals surface area contributed by atoms with Crippen molar-refractivity contribution in [3.8, 4) is 0 Å². The molecule has 0 bridgehead atoms. The predicted octanol–water partition coefficient (Wildman–Crippen LogP) is 3.28. The second kappa shape index (κ2) is 4.79. The van der Waals surface area contributed by atoms with E-state index in [0.717, 1.165) is 17.4 Å². The molecular formula is C14H17ClN2. The van der Waals surface area contributed by atoms with E-state index in [1.54, 1.807) is 6.20 Å². The van der Waals surface area contributed by atoms with Gasteiger partial charge in [-0.1, -0.05) is 17.7 Å². The normalized spacial score (nSPS) is 28.4. The van der Waals surface area contributed by atoms with Crippen LogP contribution in [0.15, 0.2) is 24.5 Å². The number of fused-ring (bicyclic) bond motifs is 1. The lowest BCUT2D eigenvalue weighted by Crippen LogP contribution is -2.42. The number of rotatable bonds is 1. The number of nitrogens with one attached hydrogen (secondary N) is 1. The third-order valence-electron chi connectivity index (χ3n) is 3.91. The fraction of sp³-hybridized carbons (Fsp3) is 0.500. The van der Waals surface area contributed by atoms with Crippen LogP contribution in [0.4, 0.5) is 0 Å². The lowest BCUT2D eigenvalue weighted by Gasteiger charge is -2.36. The third kappa shape index (κ3) is 2.38. The van der Waals surface area contributed by atoms with Crippen molar-refractivity contribution in [3.05, 3.63) is 35.1 Å². The van der Waals surface area contributed by atoms with E-state index in [1.165, 1.54) is 36.9 Å². The maximum absolute atomic E-state index is 6.00. The molecule has 3 rings (SSSR count). The summed E-state index contributed by atoms with van der Waals surface area (Å²) in [5.41, 5.74) is 2.58. The minimum Gasteiger partial charge on any atom is -0.313 e.